The number of fused-ring (bicyclic) bond motifs is 1. The smallest absolute Gasteiger partial charge is 0.160 e. The van der Waals surface area contributed by atoms with Gasteiger partial charge in [-0.15, -0.1) is 10.2 Å². The number of aryl methyl sites for hydroxylation is 1. The van der Waals surface area contributed by atoms with Crippen LogP contribution in [0.15, 0.2) is 18.2 Å². The molecule has 4 heteroatoms. The van der Waals surface area contributed by atoms with Crippen LogP contribution in [0.1, 0.15) is 25.4 Å². The van der Waals surface area contributed by atoms with Gasteiger partial charge in [-0.05, 0) is 19.1 Å². The molecule has 2 rings (SSSR count). The van der Waals surface area contributed by atoms with E-state index in [1.807, 2.05) is 19.1 Å². The third-order valence-corrected chi connectivity index (χ3v) is 2.42. The monoisotopic (exact) mass is 204 g/mol. The van der Waals surface area contributed by atoms with Crippen molar-refractivity contribution in [3.8, 4) is 0 Å². The first kappa shape index (κ1) is 10.1. The van der Waals surface area contributed by atoms with Gasteiger partial charge in [-0.2, -0.15) is 0 Å². The van der Waals surface area contributed by atoms with E-state index in [2.05, 4.69) is 27.6 Å². The summed E-state index contributed by atoms with van der Waals surface area (Å²) in [6.07, 6.45) is 1.74. The molecule has 0 fully saturated rings. The molecule has 1 atom stereocenters. The first-order valence-corrected chi connectivity index (χ1v) is 5.30. The van der Waals surface area contributed by atoms with Crippen LogP contribution in [0.2, 0.25) is 0 Å². The Morgan fingerprint density at radius 1 is 1.40 bits per heavy atom. The second-order valence-electron chi connectivity index (χ2n) is 3.86. The topological polar surface area (TPSA) is 56.2 Å². The van der Waals surface area contributed by atoms with Crippen molar-refractivity contribution in [3.63, 3.8) is 0 Å². The standard InChI is InChI=1S/C11H16N4/c1-3-10-13-14-11-6-4-5-9(15(10)11)7-8(2)12/h4-6,8H,3,7,12H2,1-2H3. The zero-order chi connectivity index (χ0) is 10.8. The molecule has 15 heavy (non-hydrogen) atoms. The predicted molar refractivity (Wildman–Crippen MR) is 59.7 cm³/mol. The second-order valence-corrected chi connectivity index (χ2v) is 3.86. The Morgan fingerprint density at radius 3 is 2.87 bits per heavy atom. The van der Waals surface area contributed by atoms with E-state index in [-0.39, 0.29) is 6.04 Å². The molecule has 0 bridgehead atoms. The Hall–Kier alpha value is -1.42. The summed E-state index contributed by atoms with van der Waals surface area (Å²) in [5, 5.41) is 8.28. The molecule has 0 aliphatic carbocycles. The fourth-order valence-corrected chi connectivity index (χ4v) is 1.79. The molecule has 0 aliphatic rings. The van der Waals surface area contributed by atoms with Crippen molar-refractivity contribution in [2.75, 3.05) is 0 Å². The molecular weight excluding hydrogens is 188 g/mol. The number of nitrogens with zero attached hydrogens (tertiary/aromatic N) is 3. The summed E-state index contributed by atoms with van der Waals surface area (Å²) < 4.78 is 2.10. The van der Waals surface area contributed by atoms with Crippen LogP contribution in [-0.2, 0) is 12.8 Å². The number of nitrogens with two attached hydrogens (primary N) is 1. The number of hydrogen-bond acceptors (Lipinski definition) is 3. The maximum Gasteiger partial charge on any atom is 0.160 e. The number of hydrogen-bond donors (Lipinski definition) is 1. The molecule has 1 unspecified atom stereocenters. The summed E-state index contributed by atoms with van der Waals surface area (Å²) in [5.41, 5.74) is 7.91. The predicted octanol–water partition coefficient (Wildman–Crippen LogP) is 1.18. The lowest BCUT2D eigenvalue weighted by atomic mass is 10.1. The highest BCUT2D eigenvalue weighted by Crippen LogP contribution is 2.10. The average molecular weight is 204 g/mol. The molecular formula is C11H16N4. The van der Waals surface area contributed by atoms with Crippen LogP contribution in [-0.4, -0.2) is 20.6 Å². The van der Waals surface area contributed by atoms with Crippen LogP contribution in [0.3, 0.4) is 0 Å². The highest BCUT2D eigenvalue weighted by Gasteiger charge is 2.08. The van der Waals surface area contributed by atoms with Crippen LogP contribution in [0.4, 0.5) is 0 Å². The first-order chi connectivity index (χ1) is 7.22. The highest BCUT2D eigenvalue weighted by molar-refractivity contribution is 5.40. The normalized spacial score (nSPS) is 13.3. The zero-order valence-corrected chi connectivity index (χ0v) is 9.14. The second kappa shape index (κ2) is 3.98. The van der Waals surface area contributed by atoms with Gasteiger partial charge in [0.05, 0.1) is 0 Å². The van der Waals surface area contributed by atoms with E-state index in [1.165, 1.54) is 5.69 Å². The van der Waals surface area contributed by atoms with Crippen molar-refractivity contribution in [2.24, 2.45) is 5.73 Å². The summed E-state index contributed by atoms with van der Waals surface area (Å²) in [5.74, 6) is 1.00. The molecule has 0 saturated carbocycles. The largest absolute Gasteiger partial charge is 0.328 e. The summed E-state index contributed by atoms with van der Waals surface area (Å²) in [6, 6.07) is 6.21. The highest BCUT2D eigenvalue weighted by atomic mass is 15.2. The minimum absolute atomic E-state index is 0.155. The van der Waals surface area contributed by atoms with Gasteiger partial charge in [0.25, 0.3) is 0 Å². The van der Waals surface area contributed by atoms with Crippen LogP contribution < -0.4 is 5.73 Å². The first-order valence-electron chi connectivity index (χ1n) is 5.30. The van der Waals surface area contributed by atoms with E-state index in [9.17, 15) is 0 Å². The Balaban J connectivity index is 2.56. The summed E-state index contributed by atoms with van der Waals surface area (Å²) >= 11 is 0. The Labute approximate surface area is 89.1 Å². The number of pyridine rings is 1. The lowest BCUT2D eigenvalue weighted by Crippen LogP contribution is -2.19. The Morgan fingerprint density at radius 2 is 2.20 bits per heavy atom. The van der Waals surface area contributed by atoms with Crippen molar-refractivity contribution in [1.82, 2.24) is 14.6 Å². The van der Waals surface area contributed by atoms with Crippen LogP contribution >= 0.6 is 0 Å². The van der Waals surface area contributed by atoms with E-state index in [0.29, 0.717) is 0 Å². The Bertz CT molecular complexity index is 459. The Kier molecular flexibility index (Phi) is 2.68. The van der Waals surface area contributed by atoms with Crippen molar-refractivity contribution in [3.05, 3.63) is 29.7 Å². The van der Waals surface area contributed by atoms with Crippen LogP contribution in [0, 0.1) is 0 Å². The molecule has 0 radical (unpaired) electrons. The minimum Gasteiger partial charge on any atom is -0.328 e. The maximum absolute atomic E-state index is 5.82. The summed E-state index contributed by atoms with van der Waals surface area (Å²) in [7, 11) is 0. The van der Waals surface area contributed by atoms with Crippen molar-refractivity contribution in [1.29, 1.82) is 0 Å². The molecule has 2 N–H and O–H groups in total. The average Bonchev–Trinajstić information content (AvgIpc) is 2.61. The molecule has 80 valence electrons. The van der Waals surface area contributed by atoms with Gasteiger partial charge in [0, 0.05) is 24.6 Å². The molecule has 0 aromatic carbocycles. The van der Waals surface area contributed by atoms with Gasteiger partial charge in [0.15, 0.2) is 5.65 Å². The fraction of sp³-hybridized carbons (Fsp3) is 0.455. The molecule has 2 aromatic rings. The number of rotatable bonds is 3. The molecule has 2 aromatic heterocycles. The van der Waals surface area contributed by atoms with Gasteiger partial charge in [-0.25, -0.2) is 0 Å². The maximum atomic E-state index is 5.82. The van der Waals surface area contributed by atoms with Gasteiger partial charge in [0.2, 0.25) is 0 Å². The van der Waals surface area contributed by atoms with Gasteiger partial charge < -0.3 is 5.73 Å². The van der Waals surface area contributed by atoms with Crippen LogP contribution in [0.25, 0.3) is 5.65 Å². The van der Waals surface area contributed by atoms with Gasteiger partial charge >= 0.3 is 0 Å². The molecule has 0 spiro atoms. The van der Waals surface area contributed by atoms with E-state index in [1.54, 1.807) is 0 Å². The van der Waals surface area contributed by atoms with Crippen molar-refractivity contribution in [2.45, 2.75) is 32.7 Å². The van der Waals surface area contributed by atoms with E-state index < -0.39 is 0 Å². The number of aromatic nitrogens is 3. The third kappa shape index (κ3) is 1.85. The van der Waals surface area contributed by atoms with Crippen molar-refractivity contribution < 1.29 is 0 Å². The lowest BCUT2D eigenvalue weighted by molar-refractivity contribution is 0.706. The van der Waals surface area contributed by atoms with Crippen LogP contribution in [0.5, 0.6) is 0 Å². The fourth-order valence-electron chi connectivity index (χ4n) is 1.79. The molecule has 0 aliphatic heterocycles. The molecule has 4 nitrogen and oxygen atoms in total. The molecule has 0 amide bonds. The summed E-state index contributed by atoms with van der Waals surface area (Å²) in [6.45, 7) is 4.09. The quantitative estimate of drug-likeness (QED) is 0.816. The SMILES string of the molecule is CCc1nnc2cccc(CC(C)N)n12. The van der Waals surface area contributed by atoms with Crippen molar-refractivity contribution >= 4 is 5.65 Å². The summed E-state index contributed by atoms with van der Waals surface area (Å²) in [4.78, 5) is 0. The minimum atomic E-state index is 0.155. The van der Waals surface area contributed by atoms with Gasteiger partial charge in [0.1, 0.15) is 5.82 Å². The molecule has 0 saturated heterocycles. The van der Waals surface area contributed by atoms with Gasteiger partial charge in [-0.1, -0.05) is 13.0 Å². The third-order valence-electron chi connectivity index (χ3n) is 2.42. The van der Waals surface area contributed by atoms with E-state index in [0.717, 1.165) is 24.3 Å². The van der Waals surface area contributed by atoms with Gasteiger partial charge in [-0.3, -0.25) is 4.40 Å². The van der Waals surface area contributed by atoms with E-state index >= 15 is 0 Å². The zero-order valence-electron chi connectivity index (χ0n) is 9.14. The van der Waals surface area contributed by atoms with E-state index in [4.69, 9.17) is 5.73 Å². The lowest BCUT2D eigenvalue weighted by Gasteiger charge is -2.08. The molecule has 2 heterocycles.